The van der Waals surface area contributed by atoms with Gasteiger partial charge in [0.1, 0.15) is 0 Å². The molecule has 2 aliphatic heterocycles. The van der Waals surface area contributed by atoms with E-state index in [-0.39, 0.29) is 5.92 Å². The highest BCUT2D eigenvalue weighted by molar-refractivity contribution is 5.71. The maximum atomic E-state index is 11.1. The van der Waals surface area contributed by atoms with Gasteiger partial charge in [0, 0.05) is 18.3 Å². The Labute approximate surface area is 101 Å². The second-order valence-corrected chi connectivity index (χ2v) is 5.24. The van der Waals surface area contributed by atoms with Crippen LogP contribution in [0.25, 0.3) is 0 Å². The number of hydrogen-bond acceptors (Lipinski definition) is 2. The van der Waals surface area contributed by atoms with Crippen molar-refractivity contribution < 1.29 is 9.90 Å². The molecule has 1 saturated heterocycles. The zero-order chi connectivity index (χ0) is 12.0. The molecule has 3 nitrogen and oxygen atoms in total. The predicted octanol–water partition coefficient (Wildman–Crippen LogP) is 2.22. The molecule has 3 rings (SSSR count). The maximum Gasteiger partial charge on any atom is 0.306 e. The van der Waals surface area contributed by atoms with Crippen LogP contribution in [0, 0.1) is 12.8 Å². The SMILES string of the molecule is Cc1ccc2c(c1)CC1CC(C(=O)O)CCN21. The third-order valence-electron chi connectivity index (χ3n) is 4.07. The predicted molar refractivity (Wildman–Crippen MR) is 66.4 cm³/mol. The largest absolute Gasteiger partial charge is 0.481 e. The van der Waals surface area contributed by atoms with Gasteiger partial charge < -0.3 is 10.0 Å². The maximum absolute atomic E-state index is 11.1. The molecule has 1 N–H and O–H groups in total. The number of rotatable bonds is 1. The van der Waals surface area contributed by atoms with Crippen molar-refractivity contribution in [3.05, 3.63) is 29.3 Å². The van der Waals surface area contributed by atoms with Gasteiger partial charge in [-0.1, -0.05) is 17.7 Å². The number of nitrogens with zero attached hydrogens (tertiary/aromatic N) is 1. The van der Waals surface area contributed by atoms with Crippen LogP contribution in [-0.2, 0) is 11.2 Å². The summed E-state index contributed by atoms with van der Waals surface area (Å²) in [6, 6.07) is 6.97. The third-order valence-corrected chi connectivity index (χ3v) is 4.07. The number of carbonyl (C=O) groups is 1. The minimum absolute atomic E-state index is 0.147. The molecule has 0 aromatic heterocycles. The van der Waals surface area contributed by atoms with E-state index in [1.54, 1.807) is 0 Å². The van der Waals surface area contributed by atoms with Gasteiger partial charge in [0.25, 0.3) is 0 Å². The fourth-order valence-electron chi connectivity index (χ4n) is 3.20. The van der Waals surface area contributed by atoms with E-state index < -0.39 is 5.97 Å². The van der Waals surface area contributed by atoms with Crippen molar-refractivity contribution in [1.82, 2.24) is 0 Å². The highest BCUT2D eigenvalue weighted by Gasteiger charge is 2.37. The van der Waals surface area contributed by atoms with E-state index >= 15 is 0 Å². The number of aryl methyl sites for hydroxylation is 1. The smallest absolute Gasteiger partial charge is 0.306 e. The summed E-state index contributed by atoms with van der Waals surface area (Å²) in [5, 5.41) is 9.10. The van der Waals surface area contributed by atoms with E-state index in [2.05, 4.69) is 30.0 Å². The topological polar surface area (TPSA) is 40.5 Å². The average molecular weight is 231 g/mol. The number of fused-ring (bicyclic) bond motifs is 3. The first-order valence-corrected chi connectivity index (χ1v) is 6.24. The summed E-state index contributed by atoms with van der Waals surface area (Å²) in [5.41, 5.74) is 4.00. The first kappa shape index (κ1) is 10.6. The zero-order valence-electron chi connectivity index (χ0n) is 10.0. The molecule has 2 aliphatic rings. The minimum Gasteiger partial charge on any atom is -0.481 e. The average Bonchev–Trinajstić information content (AvgIpc) is 2.64. The third kappa shape index (κ3) is 1.70. The Bertz CT molecular complexity index is 469. The number of carboxylic acids is 1. The van der Waals surface area contributed by atoms with Crippen LogP contribution >= 0.6 is 0 Å². The van der Waals surface area contributed by atoms with Crippen LogP contribution in [0.15, 0.2) is 18.2 Å². The van der Waals surface area contributed by atoms with Gasteiger partial charge in [0.15, 0.2) is 0 Å². The summed E-state index contributed by atoms with van der Waals surface area (Å²) in [4.78, 5) is 13.4. The van der Waals surface area contributed by atoms with Crippen LogP contribution in [0.4, 0.5) is 5.69 Å². The van der Waals surface area contributed by atoms with E-state index in [1.165, 1.54) is 16.8 Å². The summed E-state index contributed by atoms with van der Waals surface area (Å²) >= 11 is 0. The lowest BCUT2D eigenvalue weighted by atomic mass is 9.91. The molecule has 90 valence electrons. The van der Waals surface area contributed by atoms with Crippen molar-refractivity contribution in [1.29, 1.82) is 0 Å². The molecule has 3 heteroatoms. The molecule has 0 amide bonds. The van der Waals surface area contributed by atoms with Crippen LogP contribution in [0.3, 0.4) is 0 Å². The summed E-state index contributed by atoms with van der Waals surface area (Å²) in [6.45, 7) is 3.00. The lowest BCUT2D eigenvalue weighted by Gasteiger charge is -2.35. The second-order valence-electron chi connectivity index (χ2n) is 5.24. The number of carboxylic acid groups (broad SMARTS) is 1. The molecule has 0 spiro atoms. The molecule has 0 bridgehead atoms. The Morgan fingerprint density at radius 3 is 3.06 bits per heavy atom. The highest BCUT2D eigenvalue weighted by Crippen LogP contribution is 2.38. The van der Waals surface area contributed by atoms with E-state index in [9.17, 15) is 4.79 Å². The van der Waals surface area contributed by atoms with Crippen molar-refractivity contribution in [3.63, 3.8) is 0 Å². The molecule has 0 saturated carbocycles. The number of aliphatic carboxylic acids is 1. The molecule has 1 aromatic carbocycles. The van der Waals surface area contributed by atoms with Crippen molar-refractivity contribution in [2.75, 3.05) is 11.4 Å². The van der Waals surface area contributed by atoms with Gasteiger partial charge in [-0.15, -0.1) is 0 Å². The van der Waals surface area contributed by atoms with E-state index in [0.717, 1.165) is 25.8 Å². The van der Waals surface area contributed by atoms with E-state index in [4.69, 9.17) is 5.11 Å². The number of piperidine rings is 1. The highest BCUT2D eigenvalue weighted by atomic mass is 16.4. The molecule has 0 radical (unpaired) electrons. The van der Waals surface area contributed by atoms with E-state index in [1.807, 2.05) is 0 Å². The van der Waals surface area contributed by atoms with Crippen molar-refractivity contribution >= 4 is 11.7 Å². The molecular formula is C14H17NO2. The fraction of sp³-hybridized carbons (Fsp3) is 0.500. The van der Waals surface area contributed by atoms with Crippen LogP contribution in [0.1, 0.15) is 24.0 Å². The first-order chi connectivity index (χ1) is 8.15. The number of anilines is 1. The monoisotopic (exact) mass is 231 g/mol. The number of benzene rings is 1. The van der Waals surface area contributed by atoms with Gasteiger partial charge in [-0.05, 0) is 37.8 Å². The lowest BCUT2D eigenvalue weighted by molar-refractivity contribution is -0.142. The van der Waals surface area contributed by atoms with Crippen LogP contribution in [0.2, 0.25) is 0 Å². The van der Waals surface area contributed by atoms with Gasteiger partial charge in [-0.25, -0.2) is 0 Å². The summed E-state index contributed by atoms with van der Waals surface area (Å²) in [5.74, 6) is -0.775. The quantitative estimate of drug-likeness (QED) is 0.805. The Balaban J connectivity index is 1.86. The second kappa shape index (κ2) is 3.76. The van der Waals surface area contributed by atoms with Gasteiger partial charge >= 0.3 is 5.97 Å². The normalized spacial score (nSPS) is 26.5. The van der Waals surface area contributed by atoms with Gasteiger partial charge in [-0.3, -0.25) is 4.79 Å². The van der Waals surface area contributed by atoms with Crippen molar-refractivity contribution in [2.24, 2.45) is 5.92 Å². The molecule has 2 unspecified atom stereocenters. The fourth-order valence-corrected chi connectivity index (χ4v) is 3.20. The van der Waals surface area contributed by atoms with Crippen LogP contribution < -0.4 is 4.90 Å². The molecule has 17 heavy (non-hydrogen) atoms. The van der Waals surface area contributed by atoms with Gasteiger partial charge in [-0.2, -0.15) is 0 Å². The number of hydrogen-bond donors (Lipinski definition) is 1. The minimum atomic E-state index is -0.628. The summed E-state index contributed by atoms with van der Waals surface area (Å²) in [7, 11) is 0. The molecular weight excluding hydrogens is 214 g/mol. The van der Waals surface area contributed by atoms with E-state index in [0.29, 0.717) is 6.04 Å². The molecule has 1 aromatic rings. The first-order valence-electron chi connectivity index (χ1n) is 6.24. The van der Waals surface area contributed by atoms with Gasteiger partial charge in [0.05, 0.1) is 5.92 Å². The Kier molecular flexibility index (Phi) is 2.35. The van der Waals surface area contributed by atoms with Crippen LogP contribution in [0.5, 0.6) is 0 Å². The molecule has 1 fully saturated rings. The zero-order valence-corrected chi connectivity index (χ0v) is 10.0. The molecule has 2 heterocycles. The molecule has 0 aliphatic carbocycles. The van der Waals surface area contributed by atoms with Gasteiger partial charge in [0.2, 0.25) is 0 Å². The summed E-state index contributed by atoms with van der Waals surface area (Å²) < 4.78 is 0. The molecule has 2 atom stereocenters. The van der Waals surface area contributed by atoms with Crippen molar-refractivity contribution in [3.8, 4) is 0 Å². The standard InChI is InChI=1S/C14H17NO2/c1-9-2-3-13-11(6-9)8-12-7-10(14(16)17)4-5-15(12)13/h2-3,6,10,12H,4-5,7-8H2,1H3,(H,16,17). The Morgan fingerprint density at radius 1 is 1.47 bits per heavy atom. The Morgan fingerprint density at radius 2 is 2.29 bits per heavy atom. The lowest BCUT2D eigenvalue weighted by Crippen LogP contribution is -2.42. The van der Waals surface area contributed by atoms with Crippen LogP contribution in [-0.4, -0.2) is 23.7 Å². The Hall–Kier alpha value is -1.51. The summed E-state index contributed by atoms with van der Waals surface area (Å²) in [6.07, 6.45) is 2.59. The van der Waals surface area contributed by atoms with Crippen molar-refractivity contribution in [2.45, 2.75) is 32.2 Å².